The monoisotopic (exact) mass is 206 g/mol. The van der Waals surface area contributed by atoms with Gasteiger partial charge in [0.2, 0.25) is 0 Å². The van der Waals surface area contributed by atoms with Crippen molar-refractivity contribution in [2.24, 2.45) is 5.92 Å². The lowest BCUT2D eigenvalue weighted by Gasteiger charge is -2.08. The molecular formula is C8H14O4S. The first-order valence-corrected chi connectivity index (χ1v) is 5.87. The van der Waals surface area contributed by atoms with Crippen molar-refractivity contribution in [2.45, 2.75) is 13.3 Å². The first kappa shape index (κ1) is 12.2. The zero-order valence-corrected chi connectivity index (χ0v) is 8.60. The van der Waals surface area contributed by atoms with E-state index in [1.165, 1.54) is 0 Å². The second-order valence-electron chi connectivity index (χ2n) is 3.31. The Kier molecular flexibility index (Phi) is 4.13. The quantitative estimate of drug-likeness (QED) is 0.672. The van der Waals surface area contributed by atoms with E-state index in [0.717, 1.165) is 6.26 Å². The molecule has 0 aromatic carbocycles. The van der Waals surface area contributed by atoms with E-state index in [4.69, 9.17) is 5.11 Å². The van der Waals surface area contributed by atoms with Crippen LogP contribution in [0.15, 0.2) is 12.2 Å². The van der Waals surface area contributed by atoms with Crippen LogP contribution in [-0.4, -0.2) is 31.5 Å². The average molecular weight is 206 g/mol. The van der Waals surface area contributed by atoms with Gasteiger partial charge in [0.25, 0.3) is 0 Å². The van der Waals surface area contributed by atoms with Crippen molar-refractivity contribution < 1.29 is 18.3 Å². The summed E-state index contributed by atoms with van der Waals surface area (Å²) in [6.45, 7) is 5.02. The summed E-state index contributed by atoms with van der Waals surface area (Å²) < 4.78 is 21.6. The van der Waals surface area contributed by atoms with Gasteiger partial charge in [0.15, 0.2) is 0 Å². The molecule has 13 heavy (non-hydrogen) atoms. The molecule has 0 bridgehead atoms. The molecule has 0 radical (unpaired) electrons. The lowest BCUT2D eigenvalue weighted by molar-refractivity contribution is -0.132. The molecule has 4 nitrogen and oxygen atoms in total. The highest BCUT2D eigenvalue weighted by atomic mass is 32.2. The highest BCUT2D eigenvalue weighted by molar-refractivity contribution is 7.90. The fourth-order valence-corrected chi connectivity index (χ4v) is 2.24. The number of carbonyl (C=O) groups is 1. The Morgan fingerprint density at radius 2 is 2.00 bits per heavy atom. The topological polar surface area (TPSA) is 71.4 Å². The Hall–Kier alpha value is -0.840. The SMILES string of the molecule is C=C(CC(C)CS(C)(=O)=O)C(=O)O. The van der Waals surface area contributed by atoms with Crippen LogP contribution in [0.2, 0.25) is 0 Å². The molecule has 0 amide bonds. The van der Waals surface area contributed by atoms with E-state index in [-0.39, 0.29) is 23.7 Å². The number of hydrogen-bond donors (Lipinski definition) is 1. The molecule has 0 rings (SSSR count). The molecule has 1 N–H and O–H groups in total. The van der Waals surface area contributed by atoms with Crippen LogP contribution in [-0.2, 0) is 14.6 Å². The van der Waals surface area contributed by atoms with Gasteiger partial charge in [0, 0.05) is 11.8 Å². The minimum absolute atomic E-state index is 0.000694. The van der Waals surface area contributed by atoms with Crippen molar-refractivity contribution in [2.75, 3.05) is 12.0 Å². The van der Waals surface area contributed by atoms with Crippen molar-refractivity contribution in [1.29, 1.82) is 0 Å². The largest absolute Gasteiger partial charge is 0.478 e. The van der Waals surface area contributed by atoms with Crippen LogP contribution in [0.3, 0.4) is 0 Å². The summed E-state index contributed by atoms with van der Waals surface area (Å²) in [7, 11) is -3.03. The van der Waals surface area contributed by atoms with Gasteiger partial charge in [-0.25, -0.2) is 13.2 Å². The van der Waals surface area contributed by atoms with Crippen LogP contribution in [0.4, 0.5) is 0 Å². The van der Waals surface area contributed by atoms with Gasteiger partial charge in [0.1, 0.15) is 9.84 Å². The van der Waals surface area contributed by atoms with Gasteiger partial charge < -0.3 is 5.11 Å². The third kappa shape index (κ3) is 6.33. The van der Waals surface area contributed by atoms with Crippen LogP contribution >= 0.6 is 0 Å². The molecular weight excluding hydrogens is 192 g/mol. The Morgan fingerprint density at radius 1 is 1.54 bits per heavy atom. The number of aliphatic carboxylic acids is 1. The number of rotatable bonds is 5. The van der Waals surface area contributed by atoms with Crippen LogP contribution in [0, 0.1) is 5.92 Å². The summed E-state index contributed by atoms with van der Waals surface area (Å²) >= 11 is 0. The molecule has 5 heteroatoms. The Labute approximate surface area is 78.2 Å². The maximum Gasteiger partial charge on any atom is 0.330 e. The molecule has 0 fully saturated rings. The van der Waals surface area contributed by atoms with E-state index in [0.29, 0.717) is 0 Å². The van der Waals surface area contributed by atoms with E-state index in [2.05, 4.69) is 6.58 Å². The highest BCUT2D eigenvalue weighted by Crippen LogP contribution is 2.11. The molecule has 0 saturated heterocycles. The second kappa shape index (κ2) is 4.41. The molecule has 0 aromatic heterocycles. The third-order valence-corrected chi connectivity index (χ3v) is 2.66. The Morgan fingerprint density at radius 3 is 2.31 bits per heavy atom. The lowest BCUT2D eigenvalue weighted by Crippen LogP contribution is -2.14. The number of carboxylic acids is 1. The first-order chi connectivity index (χ1) is 5.72. The average Bonchev–Trinajstić information content (AvgIpc) is 1.81. The summed E-state index contributed by atoms with van der Waals surface area (Å²) in [6, 6.07) is 0. The standard InChI is InChI=1S/C8H14O4S/c1-6(5-13(3,11)12)4-7(2)8(9)10/h6H,2,4-5H2,1,3H3,(H,9,10). The smallest absolute Gasteiger partial charge is 0.330 e. The first-order valence-electron chi connectivity index (χ1n) is 3.81. The molecule has 0 saturated carbocycles. The molecule has 0 heterocycles. The minimum atomic E-state index is -3.03. The molecule has 0 spiro atoms. The van der Waals surface area contributed by atoms with Crippen molar-refractivity contribution in [3.63, 3.8) is 0 Å². The Bertz CT molecular complexity index is 302. The molecule has 0 aliphatic carbocycles. The molecule has 0 aliphatic heterocycles. The lowest BCUT2D eigenvalue weighted by atomic mass is 10.0. The maximum absolute atomic E-state index is 10.8. The van der Waals surface area contributed by atoms with Gasteiger partial charge in [-0.05, 0) is 12.3 Å². The van der Waals surface area contributed by atoms with E-state index < -0.39 is 15.8 Å². The van der Waals surface area contributed by atoms with E-state index in [1.807, 2.05) is 0 Å². The molecule has 0 aliphatic rings. The van der Waals surface area contributed by atoms with Crippen LogP contribution in [0.25, 0.3) is 0 Å². The maximum atomic E-state index is 10.8. The molecule has 1 atom stereocenters. The minimum Gasteiger partial charge on any atom is -0.478 e. The predicted octanol–water partition coefficient (Wildman–Crippen LogP) is 0.698. The van der Waals surface area contributed by atoms with E-state index in [9.17, 15) is 13.2 Å². The molecule has 1 unspecified atom stereocenters. The van der Waals surface area contributed by atoms with Crippen LogP contribution in [0.1, 0.15) is 13.3 Å². The third-order valence-electron chi connectivity index (χ3n) is 1.48. The van der Waals surface area contributed by atoms with Gasteiger partial charge in [-0.2, -0.15) is 0 Å². The van der Waals surface area contributed by atoms with Gasteiger partial charge in [-0.15, -0.1) is 0 Å². The summed E-state index contributed by atoms with van der Waals surface area (Å²) in [4.78, 5) is 10.4. The summed E-state index contributed by atoms with van der Waals surface area (Å²) in [6.07, 6.45) is 1.34. The summed E-state index contributed by atoms with van der Waals surface area (Å²) in [5.41, 5.74) is 0.0520. The molecule has 0 aromatic rings. The zero-order valence-electron chi connectivity index (χ0n) is 7.78. The number of carboxylic acid groups (broad SMARTS) is 1. The number of hydrogen-bond acceptors (Lipinski definition) is 3. The highest BCUT2D eigenvalue weighted by Gasteiger charge is 2.14. The zero-order chi connectivity index (χ0) is 10.6. The number of sulfone groups is 1. The van der Waals surface area contributed by atoms with Crippen LogP contribution < -0.4 is 0 Å². The van der Waals surface area contributed by atoms with Crippen molar-refractivity contribution in [1.82, 2.24) is 0 Å². The van der Waals surface area contributed by atoms with E-state index >= 15 is 0 Å². The normalized spacial score (nSPS) is 13.7. The van der Waals surface area contributed by atoms with Crippen molar-refractivity contribution in [3.05, 3.63) is 12.2 Å². The fraction of sp³-hybridized carbons (Fsp3) is 0.625. The Balaban J connectivity index is 4.10. The molecule has 76 valence electrons. The summed E-state index contributed by atoms with van der Waals surface area (Å²) in [5, 5.41) is 8.48. The van der Waals surface area contributed by atoms with E-state index in [1.54, 1.807) is 6.92 Å². The van der Waals surface area contributed by atoms with Gasteiger partial charge in [-0.1, -0.05) is 13.5 Å². The van der Waals surface area contributed by atoms with Gasteiger partial charge >= 0.3 is 5.97 Å². The van der Waals surface area contributed by atoms with Gasteiger partial charge in [0.05, 0.1) is 5.75 Å². The fourth-order valence-electron chi connectivity index (χ4n) is 1.08. The predicted molar refractivity (Wildman–Crippen MR) is 50.3 cm³/mol. The van der Waals surface area contributed by atoms with Gasteiger partial charge in [-0.3, -0.25) is 0 Å². The van der Waals surface area contributed by atoms with Crippen molar-refractivity contribution in [3.8, 4) is 0 Å². The van der Waals surface area contributed by atoms with Crippen LogP contribution in [0.5, 0.6) is 0 Å². The second-order valence-corrected chi connectivity index (χ2v) is 5.50. The van der Waals surface area contributed by atoms with Crippen molar-refractivity contribution >= 4 is 15.8 Å². The summed E-state index contributed by atoms with van der Waals surface area (Å²) in [5.74, 6) is -1.27.